The Morgan fingerprint density at radius 1 is 1.24 bits per heavy atom. The van der Waals surface area contributed by atoms with Crippen molar-refractivity contribution in [3.05, 3.63) is 23.8 Å². The highest BCUT2D eigenvalue weighted by atomic mass is 32.2. The first-order chi connectivity index (χ1) is 10.00. The fourth-order valence-corrected chi connectivity index (χ4v) is 5.37. The summed E-state index contributed by atoms with van der Waals surface area (Å²) in [5.74, 6) is 0.747. The summed E-state index contributed by atoms with van der Waals surface area (Å²) >= 11 is 0. The topological polar surface area (TPSA) is 93.1 Å². The molecule has 1 heterocycles. The van der Waals surface area contributed by atoms with Gasteiger partial charge in [0.15, 0.2) is 21.3 Å². The number of fused-ring (bicyclic) bond motifs is 1. The Hall–Kier alpha value is -1.31. The summed E-state index contributed by atoms with van der Waals surface area (Å²) in [5, 5.41) is 18.5. The summed E-state index contributed by atoms with van der Waals surface area (Å²) in [5.41, 5.74) is -0.271. The van der Waals surface area contributed by atoms with Gasteiger partial charge in [-0.15, -0.1) is 0 Å². The van der Waals surface area contributed by atoms with Crippen LogP contribution in [0.4, 0.5) is 0 Å². The molecule has 2 N–H and O–H groups in total. The molecule has 0 radical (unpaired) electrons. The van der Waals surface area contributed by atoms with Gasteiger partial charge in [0.1, 0.15) is 0 Å². The maximum absolute atomic E-state index is 12.2. The van der Waals surface area contributed by atoms with Crippen molar-refractivity contribution in [3.63, 3.8) is 0 Å². The minimum absolute atomic E-state index is 0.0134. The van der Waals surface area contributed by atoms with Gasteiger partial charge in [0.05, 0.1) is 18.5 Å². The lowest BCUT2D eigenvalue weighted by Gasteiger charge is -2.11. The van der Waals surface area contributed by atoms with Gasteiger partial charge in [-0.3, -0.25) is 0 Å². The van der Waals surface area contributed by atoms with E-state index in [0.29, 0.717) is 11.5 Å². The van der Waals surface area contributed by atoms with E-state index in [9.17, 15) is 18.6 Å². The van der Waals surface area contributed by atoms with Crippen molar-refractivity contribution in [2.24, 2.45) is 5.41 Å². The predicted molar refractivity (Wildman–Crippen MR) is 75.2 cm³/mol. The van der Waals surface area contributed by atoms with Crippen molar-refractivity contribution in [2.75, 3.05) is 25.8 Å². The third-order valence-electron chi connectivity index (χ3n) is 4.51. The highest BCUT2D eigenvalue weighted by Gasteiger charge is 2.69. The molecule has 1 aliphatic carbocycles. The number of ether oxygens (including phenoxy) is 2. The van der Waals surface area contributed by atoms with Gasteiger partial charge in [0.2, 0.25) is 6.79 Å². The molecule has 0 saturated heterocycles. The first-order valence-electron chi connectivity index (χ1n) is 6.83. The summed E-state index contributed by atoms with van der Waals surface area (Å²) in [7, 11) is -3.36. The summed E-state index contributed by atoms with van der Waals surface area (Å²) in [6, 6.07) is 5.23. The largest absolute Gasteiger partial charge is 0.454 e. The van der Waals surface area contributed by atoms with Crippen LogP contribution in [0, 0.1) is 5.41 Å². The van der Waals surface area contributed by atoms with Gasteiger partial charge in [0.25, 0.3) is 0 Å². The number of hydrogen-bond acceptors (Lipinski definition) is 6. The lowest BCUT2D eigenvalue weighted by Crippen LogP contribution is -2.23. The number of aliphatic hydroxyl groups is 2. The van der Waals surface area contributed by atoms with Crippen LogP contribution in [0.2, 0.25) is 0 Å². The van der Waals surface area contributed by atoms with Crippen molar-refractivity contribution in [3.8, 4) is 11.5 Å². The average molecular weight is 314 g/mol. The second kappa shape index (κ2) is 4.86. The number of sulfone groups is 1. The molecule has 2 aliphatic rings. The number of benzene rings is 1. The van der Waals surface area contributed by atoms with E-state index in [-0.39, 0.29) is 25.8 Å². The molecule has 116 valence electrons. The number of rotatable bonds is 5. The summed E-state index contributed by atoms with van der Waals surface area (Å²) in [6.45, 7) is 0.980. The highest BCUT2D eigenvalue weighted by molar-refractivity contribution is 7.92. The predicted octanol–water partition coefficient (Wildman–Crippen LogP) is 0.287. The van der Waals surface area contributed by atoms with Crippen molar-refractivity contribution in [2.45, 2.75) is 18.1 Å². The third-order valence-corrected chi connectivity index (χ3v) is 6.83. The SMILES string of the molecule is CCS(=O)(=O)[C@@H]1[C@@H](c2ccc3c(c2)OCO3)C1(CO)CO. The van der Waals surface area contributed by atoms with E-state index < -0.39 is 26.4 Å². The Labute approximate surface area is 123 Å². The molecule has 0 spiro atoms. The standard InChI is InChI=1S/C14H18O6S/c1-2-21(17,18)13-12(14(13,6-15)7-16)9-3-4-10-11(5-9)20-8-19-10/h3-5,12-13,15-16H,2,6-8H2,1H3/t12-,13-/m1/s1. The van der Waals surface area contributed by atoms with Gasteiger partial charge >= 0.3 is 0 Å². The van der Waals surface area contributed by atoms with E-state index in [2.05, 4.69) is 0 Å². The normalized spacial score (nSPS) is 25.9. The molecule has 1 aliphatic heterocycles. The monoisotopic (exact) mass is 314 g/mol. The van der Waals surface area contributed by atoms with Crippen LogP contribution in [0.1, 0.15) is 18.4 Å². The molecule has 0 unspecified atom stereocenters. The fourth-order valence-electron chi connectivity index (χ4n) is 3.24. The maximum Gasteiger partial charge on any atom is 0.231 e. The quantitative estimate of drug-likeness (QED) is 0.811. The van der Waals surface area contributed by atoms with Crippen LogP contribution in [0.25, 0.3) is 0 Å². The molecule has 3 rings (SSSR count). The Morgan fingerprint density at radius 2 is 1.90 bits per heavy atom. The van der Waals surface area contributed by atoms with Crippen LogP contribution in [0.3, 0.4) is 0 Å². The average Bonchev–Trinajstić information content (AvgIpc) is 2.98. The zero-order valence-corrected chi connectivity index (χ0v) is 12.5. The van der Waals surface area contributed by atoms with Crippen molar-refractivity contribution < 1.29 is 28.1 Å². The molecule has 1 aromatic rings. The molecule has 6 nitrogen and oxygen atoms in total. The third kappa shape index (κ3) is 2.03. The molecule has 0 amide bonds. The zero-order chi connectivity index (χ0) is 15.3. The molecule has 1 aromatic carbocycles. The van der Waals surface area contributed by atoms with E-state index in [4.69, 9.17) is 9.47 Å². The Morgan fingerprint density at radius 3 is 2.52 bits per heavy atom. The minimum atomic E-state index is -3.36. The Bertz CT molecular complexity index is 649. The first kappa shape index (κ1) is 14.6. The van der Waals surface area contributed by atoms with Gasteiger partial charge in [0, 0.05) is 17.1 Å². The lowest BCUT2D eigenvalue weighted by atomic mass is 10.0. The van der Waals surface area contributed by atoms with Crippen LogP contribution >= 0.6 is 0 Å². The van der Waals surface area contributed by atoms with Gasteiger partial charge in [-0.2, -0.15) is 0 Å². The van der Waals surface area contributed by atoms with E-state index in [1.807, 2.05) is 0 Å². The zero-order valence-electron chi connectivity index (χ0n) is 11.7. The van der Waals surface area contributed by atoms with Crippen LogP contribution in [0.5, 0.6) is 11.5 Å². The van der Waals surface area contributed by atoms with E-state index in [0.717, 1.165) is 5.56 Å². The molecule has 1 saturated carbocycles. The highest BCUT2D eigenvalue weighted by Crippen LogP contribution is 2.63. The molecular weight excluding hydrogens is 296 g/mol. The summed E-state index contributed by atoms with van der Waals surface area (Å²) in [6.07, 6.45) is 0. The van der Waals surface area contributed by atoms with Gasteiger partial charge in [-0.25, -0.2) is 8.42 Å². The van der Waals surface area contributed by atoms with Crippen LogP contribution < -0.4 is 9.47 Å². The molecular formula is C14H18O6S. The van der Waals surface area contributed by atoms with Crippen LogP contribution in [-0.2, 0) is 9.84 Å². The van der Waals surface area contributed by atoms with Crippen molar-refractivity contribution >= 4 is 9.84 Å². The van der Waals surface area contributed by atoms with Gasteiger partial charge in [-0.05, 0) is 17.7 Å². The van der Waals surface area contributed by atoms with E-state index in [1.165, 1.54) is 0 Å². The Kier molecular flexibility index (Phi) is 3.38. The smallest absolute Gasteiger partial charge is 0.231 e. The molecule has 0 aromatic heterocycles. The maximum atomic E-state index is 12.2. The molecule has 1 fully saturated rings. The number of hydrogen-bond donors (Lipinski definition) is 2. The van der Waals surface area contributed by atoms with Gasteiger partial charge < -0.3 is 19.7 Å². The molecule has 0 bridgehead atoms. The second-order valence-electron chi connectivity index (χ2n) is 5.51. The molecule has 21 heavy (non-hydrogen) atoms. The summed E-state index contributed by atoms with van der Waals surface area (Å²) in [4.78, 5) is 0. The molecule has 2 atom stereocenters. The number of aliphatic hydroxyl groups excluding tert-OH is 2. The lowest BCUT2D eigenvalue weighted by molar-refractivity contribution is 0.130. The summed E-state index contributed by atoms with van der Waals surface area (Å²) < 4.78 is 35.0. The van der Waals surface area contributed by atoms with E-state index in [1.54, 1.807) is 25.1 Å². The van der Waals surface area contributed by atoms with Crippen LogP contribution in [0.15, 0.2) is 18.2 Å². The fraction of sp³-hybridized carbons (Fsp3) is 0.571. The minimum Gasteiger partial charge on any atom is -0.454 e. The Balaban J connectivity index is 2.01. The second-order valence-corrected chi connectivity index (χ2v) is 7.92. The van der Waals surface area contributed by atoms with E-state index >= 15 is 0 Å². The molecule has 7 heteroatoms. The van der Waals surface area contributed by atoms with Crippen molar-refractivity contribution in [1.29, 1.82) is 0 Å². The first-order valence-corrected chi connectivity index (χ1v) is 8.54. The van der Waals surface area contributed by atoms with Gasteiger partial charge in [-0.1, -0.05) is 13.0 Å². The van der Waals surface area contributed by atoms with Crippen molar-refractivity contribution in [1.82, 2.24) is 0 Å². The van der Waals surface area contributed by atoms with Crippen LogP contribution in [-0.4, -0.2) is 49.6 Å².